The van der Waals surface area contributed by atoms with Crippen molar-refractivity contribution < 1.29 is 24.2 Å². The second kappa shape index (κ2) is 7.03. The Morgan fingerprint density at radius 1 is 1.16 bits per heavy atom. The molecule has 130 valence electrons. The van der Waals surface area contributed by atoms with E-state index in [1.54, 1.807) is 0 Å². The molecule has 1 aliphatic heterocycles. The molecule has 2 N–H and O–H groups in total. The number of aliphatic carboxylic acids is 1. The van der Waals surface area contributed by atoms with Crippen LogP contribution in [0.25, 0.3) is 0 Å². The number of fused-ring (bicyclic) bond motifs is 1. The van der Waals surface area contributed by atoms with Crippen LogP contribution in [0.5, 0.6) is 0 Å². The highest BCUT2D eigenvalue weighted by Gasteiger charge is 2.35. The third-order valence-corrected chi connectivity index (χ3v) is 4.46. The summed E-state index contributed by atoms with van der Waals surface area (Å²) in [5, 5.41) is 19.7. The molecule has 0 radical (unpaired) electrons. The molecule has 3 rings (SSSR count). The molecule has 1 aliphatic rings. The van der Waals surface area contributed by atoms with Gasteiger partial charge in [-0.3, -0.25) is 4.79 Å². The maximum atomic E-state index is 13.3. The first-order valence-electron chi connectivity index (χ1n) is 7.98. The van der Waals surface area contributed by atoms with Gasteiger partial charge in [0.15, 0.2) is 0 Å². The van der Waals surface area contributed by atoms with Crippen molar-refractivity contribution in [1.82, 2.24) is 4.90 Å². The van der Waals surface area contributed by atoms with Gasteiger partial charge in [-0.25, -0.2) is 9.18 Å². The molecule has 2 unspecified atom stereocenters. The number of aliphatic hydroxyl groups is 1. The number of hydrogen-bond donors (Lipinski definition) is 2. The van der Waals surface area contributed by atoms with Crippen molar-refractivity contribution in [2.75, 3.05) is 0 Å². The number of hydrogen-bond acceptors (Lipinski definition) is 3. The van der Waals surface area contributed by atoms with Crippen LogP contribution in [0, 0.1) is 5.82 Å². The summed E-state index contributed by atoms with van der Waals surface area (Å²) < 4.78 is 13.3. The van der Waals surface area contributed by atoms with E-state index in [-0.39, 0.29) is 24.9 Å². The Labute approximate surface area is 144 Å². The second-order valence-corrected chi connectivity index (χ2v) is 6.12. The minimum absolute atomic E-state index is 0.182. The molecule has 25 heavy (non-hydrogen) atoms. The van der Waals surface area contributed by atoms with Gasteiger partial charge in [0.25, 0.3) is 0 Å². The highest BCUT2D eigenvalue weighted by molar-refractivity contribution is 5.85. The highest BCUT2D eigenvalue weighted by Crippen LogP contribution is 2.26. The number of aliphatic hydroxyl groups excluding tert-OH is 1. The van der Waals surface area contributed by atoms with Gasteiger partial charge in [-0.2, -0.15) is 0 Å². The van der Waals surface area contributed by atoms with Crippen molar-refractivity contribution in [3.05, 3.63) is 71.0 Å². The van der Waals surface area contributed by atoms with Gasteiger partial charge in [0, 0.05) is 13.0 Å². The molecule has 5 nitrogen and oxygen atoms in total. The minimum atomic E-state index is -1.19. The summed E-state index contributed by atoms with van der Waals surface area (Å²) in [6.07, 6.45) is -1.25. The highest BCUT2D eigenvalue weighted by atomic mass is 19.1. The van der Waals surface area contributed by atoms with Crippen molar-refractivity contribution in [3.63, 3.8) is 0 Å². The fourth-order valence-electron chi connectivity index (χ4n) is 3.12. The van der Waals surface area contributed by atoms with Crippen LogP contribution in [0.15, 0.2) is 48.5 Å². The van der Waals surface area contributed by atoms with E-state index in [0.717, 1.165) is 17.2 Å². The van der Waals surface area contributed by atoms with Crippen LogP contribution in [-0.4, -0.2) is 33.0 Å². The van der Waals surface area contributed by atoms with Crippen molar-refractivity contribution in [2.45, 2.75) is 31.5 Å². The summed E-state index contributed by atoms with van der Waals surface area (Å²) in [5.74, 6) is -2.05. The smallest absolute Gasteiger partial charge is 0.326 e. The molecule has 1 heterocycles. The first kappa shape index (κ1) is 17.1. The Kier molecular flexibility index (Phi) is 4.81. The van der Waals surface area contributed by atoms with Crippen molar-refractivity contribution in [1.29, 1.82) is 0 Å². The van der Waals surface area contributed by atoms with Gasteiger partial charge in [0.05, 0.1) is 12.5 Å². The standard InChI is InChI=1S/C19H18FNO4/c20-15-7-3-6-13(8-15)17(22)10-18(23)21-11-14-5-2-1-4-12(14)9-16(21)19(24)25/h1-8,16-17,22H,9-11H2,(H,24,25). The number of carboxylic acids is 1. The normalized spacial score (nSPS) is 17.7. The monoisotopic (exact) mass is 343 g/mol. The molecule has 2 aromatic carbocycles. The molecular weight excluding hydrogens is 325 g/mol. The molecule has 0 aliphatic carbocycles. The lowest BCUT2D eigenvalue weighted by Gasteiger charge is -2.35. The average Bonchev–Trinajstić information content (AvgIpc) is 2.60. The predicted octanol–water partition coefficient (Wildman–Crippen LogP) is 2.29. The quantitative estimate of drug-likeness (QED) is 0.893. The predicted molar refractivity (Wildman–Crippen MR) is 88.1 cm³/mol. The molecule has 0 spiro atoms. The van der Waals surface area contributed by atoms with E-state index in [2.05, 4.69) is 0 Å². The maximum Gasteiger partial charge on any atom is 0.326 e. The first-order valence-corrected chi connectivity index (χ1v) is 7.98. The van der Waals surface area contributed by atoms with Crippen LogP contribution in [-0.2, 0) is 22.6 Å². The Bertz CT molecular complexity index is 808. The number of halogens is 1. The van der Waals surface area contributed by atoms with E-state index in [1.165, 1.54) is 23.1 Å². The van der Waals surface area contributed by atoms with Crippen LogP contribution in [0.3, 0.4) is 0 Å². The van der Waals surface area contributed by atoms with Gasteiger partial charge in [-0.15, -0.1) is 0 Å². The summed E-state index contributed by atoms with van der Waals surface area (Å²) in [5.41, 5.74) is 2.09. The summed E-state index contributed by atoms with van der Waals surface area (Å²) in [6, 6.07) is 11.8. The summed E-state index contributed by atoms with van der Waals surface area (Å²) in [7, 11) is 0. The van der Waals surface area contributed by atoms with Crippen LogP contribution in [0.4, 0.5) is 4.39 Å². The number of nitrogens with zero attached hydrogens (tertiary/aromatic N) is 1. The molecule has 2 atom stereocenters. The van der Waals surface area contributed by atoms with Gasteiger partial charge in [-0.1, -0.05) is 36.4 Å². The third kappa shape index (κ3) is 3.69. The number of benzene rings is 2. The third-order valence-electron chi connectivity index (χ3n) is 4.46. The van der Waals surface area contributed by atoms with E-state index >= 15 is 0 Å². The molecule has 1 amide bonds. The lowest BCUT2D eigenvalue weighted by atomic mass is 9.93. The number of carboxylic acid groups (broad SMARTS) is 1. The molecular formula is C19H18FNO4. The zero-order chi connectivity index (χ0) is 18.0. The largest absolute Gasteiger partial charge is 0.480 e. The van der Waals surface area contributed by atoms with Crippen LogP contribution >= 0.6 is 0 Å². The summed E-state index contributed by atoms with van der Waals surface area (Å²) in [6.45, 7) is 0.182. The SMILES string of the molecule is O=C(O)C1Cc2ccccc2CN1C(=O)CC(O)c1cccc(F)c1. The van der Waals surface area contributed by atoms with Crippen molar-refractivity contribution >= 4 is 11.9 Å². The molecule has 0 saturated heterocycles. The average molecular weight is 343 g/mol. The lowest BCUT2D eigenvalue weighted by molar-refractivity contribution is -0.152. The van der Waals surface area contributed by atoms with Gasteiger partial charge >= 0.3 is 5.97 Å². The Morgan fingerprint density at radius 2 is 1.88 bits per heavy atom. The molecule has 6 heteroatoms. The summed E-state index contributed by atoms with van der Waals surface area (Å²) in [4.78, 5) is 25.4. The Hall–Kier alpha value is -2.73. The zero-order valence-electron chi connectivity index (χ0n) is 13.4. The van der Waals surface area contributed by atoms with Crippen molar-refractivity contribution in [3.8, 4) is 0 Å². The van der Waals surface area contributed by atoms with Crippen molar-refractivity contribution in [2.24, 2.45) is 0 Å². The molecule has 0 saturated carbocycles. The van der Waals surface area contributed by atoms with E-state index in [0.29, 0.717) is 0 Å². The first-order chi connectivity index (χ1) is 12.0. The minimum Gasteiger partial charge on any atom is -0.480 e. The van der Waals surface area contributed by atoms with Gasteiger partial charge in [-0.05, 0) is 28.8 Å². The summed E-state index contributed by atoms with van der Waals surface area (Å²) >= 11 is 0. The van der Waals surface area contributed by atoms with Crippen LogP contribution in [0.2, 0.25) is 0 Å². The van der Waals surface area contributed by atoms with Gasteiger partial charge < -0.3 is 15.1 Å². The number of rotatable bonds is 4. The number of amides is 1. The maximum absolute atomic E-state index is 13.3. The second-order valence-electron chi connectivity index (χ2n) is 6.12. The van der Waals surface area contributed by atoms with E-state index < -0.39 is 29.8 Å². The van der Waals surface area contributed by atoms with Gasteiger partial charge in [0.2, 0.25) is 5.91 Å². The lowest BCUT2D eigenvalue weighted by Crippen LogP contribution is -2.48. The molecule has 0 bridgehead atoms. The van der Waals surface area contributed by atoms with Gasteiger partial charge in [0.1, 0.15) is 11.9 Å². The fraction of sp³-hybridized carbons (Fsp3) is 0.263. The molecule has 0 aromatic heterocycles. The molecule has 2 aromatic rings. The number of carbonyl (C=O) groups is 2. The Balaban J connectivity index is 1.79. The van der Waals surface area contributed by atoms with Crippen LogP contribution < -0.4 is 0 Å². The van der Waals surface area contributed by atoms with E-state index in [4.69, 9.17) is 0 Å². The zero-order valence-corrected chi connectivity index (χ0v) is 13.4. The molecule has 0 fully saturated rings. The Morgan fingerprint density at radius 3 is 2.56 bits per heavy atom. The van der Waals surface area contributed by atoms with Crippen LogP contribution in [0.1, 0.15) is 29.2 Å². The number of carbonyl (C=O) groups excluding carboxylic acids is 1. The van der Waals surface area contributed by atoms with E-state index in [1.807, 2.05) is 24.3 Å². The van der Waals surface area contributed by atoms with E-state index in [9.17, 15) is 24.2 Å². The fourth-order valence-corrected chi connectivity index (χ4v) is 3.12. The topological polar surface area (TPSA) is 77.8 Å².